The van der Waals surface area contributed by atoms with Crippen molar-refractivity contribution in [1.29, 1.82) is 0 Å². The summed E-state index contributed by atoms with van der Waals surface area (Å²) in [6, 6.07) is 8.48. The largest absolute Gasteiger partial charge is 0.481 e. The van der Waals surface area contributed by atoms with Crippen molar-refractivity contribution in [2.45, 2.75) is 26.8 Å². The number of benzene rings is 1. The minimum absolute atomic E-state index is 0.0524. The predicted molar refractivity (Wildman–Crippen MR) is 86.5 cm³/mol. The van der Waals surface area contributed by atoms with Gasteiger partial charge in [0.1, 0.15) is 0 Å². The molecule has 1 saturated heterocycles. The number of fused-ring (bicyclic) bond motifs is 1. The molecule has 1 aromatic heterocycles. The van der Waals surface area contributed by atoms with Gasteiger partial charge in [-0.3, -0.25) is 14.7 Å². The maximum atomic E-state index is 11.0. The van der Waals surface area contributed by atoms with Crippen molar-refractivity contribution >= 4 is 16.7 Å². The molecule has 1 atom stereocenters. The van der Waals surface area contributed by atoms with Gasteiger partial charge in [-0.2, -0.15) is 0 Å². The predicted octanol–water partition coefficient (Wildman–Crippen LogP) is 3.17. The molecular formula is C18H22N2O2. The average molecular weight is 298 g/mol. The van der Waals surface area contributed by atoms with Crippen LogP contribution in [0, 0.1) is 11.3 Å². The van der Waals surface area contributed by atoms with E-state index in [1.807, 2.05) is 18.5 Å². The van der Waals surface area contributed by atoms with Crippen molar-refractivity contribution in [3.63, 3.8) is 0 Å². The molecule has 0 radical (unpaired) electrons. The van der Waals surface area contributed by atoms with Crippen LogP contribution in [0.3, 0.4) is 0 Å². The number of likely N-dealkylation sites (tertiary alicyclic amines) is 1. The van der Waals surface area contributed by atoms with Crippen molar-refractivity contribution in [3.8, 4) is 0 Å². The number of aromatic nitrogens is 1. The first-order valence-electron chi connectivity index (χ1n) is 7.71. The molecule has 116 valence electrons. The Kier molecular flexibility index (Phi) is 3.87. The fraction of sp³-hybridized carbons (Fsp3) is 0.444. The molecule has 4 nitrogen and oxygen atoms in total. The summed E-state index contributed by atoms with van der Waals surface area (Å²) in [5.41, 5.74) is 1.31. The Labute approximate surface area is 130 Å². The van der Waals surface area contributed by atoms with E-state index in [2.05, 4.69) is 41.9 Å². The van der Waals surface area contributed by atoms with E-state index in [0.717, 1.165) is 25.0 Å². The first-order valence-corrected chi connectivity index (χ1v) is 7.71. The molecular weight excluding hydrogens is 276 g/mol. The number of hydrogen-bond acceptors (Lipinski definition) is 3. The van der Waals surface area contributed by atoms with Crippen LogP contribution in [0.4, 0.5) is 0 Å². The highest BCUT2D eigenvalue weighted by Gasteiger charge is 2.40. The zero-order valence-corrected chi connectivity index (χ0v) is 13.1. The summed E-state index contributed by atoms with van der Waals surface area (Å²) in [7, 11) is 0. The molecule has 1 aliphatic rings. The highest BCUT2D eigenvalue weighted by molar-refractivity contribution is 5.81. The molecule has 3 rings (SSSR count). The SMILES string of the molecule is CC1(C)CN(Cc2ccc3ccncc3c2)CC1CC(=O)O. The van der Waals surface area contributed by atoms with Gasteiger partial charge in [-0.25, -0.2) is 0 Å². The Morgan fingerprint density at radius 1 is 1.36 bits per heavy atom. The Morgan fingerprint density at radius 2 is 2.18 bits per heavy atom. The van der Waals surface area contributed by atoms with Gasteiger partial charge in [-0.1, -0.05) is 26.0 Å². The molecule has 1 N–H and O–H groups in total. The normalized spacial score (nSPS) is 21.3. The van der Waals surface area contributed by atoms with E-state index in [1.54, 1.807) is 0 Å². The first-order chi connectivity index (χ1) is 10.4. The van der Waals surface area contributed by atoms with Crippen molar-refractivity contribution in [2.24, 2.45) is 11.3 Å². The zero-order chi connectivity index (χ0) is 15.7. The van der Waals surface area contributed by atoms with Gasteiger partial charge < -0.3 is 5.11 Å². The summed E-state index contributed by atoms with van der Waals surface area (Å²) in [5, 5.41) is 11.4. The van der Waals surface area contributed by atoms with E-state index in [-0.39, 0.29) is 17.8 Å². The van der Waals surface area contributed by atoms with Gasteiger partial charge in [0.25, 0.3) is 0 Å². The van der Waals surface area contributed by atoms with Crippen LogP contribution in [0.1, 0.15) is 25.8 Å². The second-order valence-electron chi connectivity index (χ2n) is 7.01. The molecule has 0 aliphatic carbocycles. The van der Waals surface area contributed by atoms with Crippen LogP contribution >= 0.6 is 0 Å². The molecule has 2 heterocycles. The molecule has 0 saturated carbocycles. The van der Waals surface area contributed by atoms with Gasteiger partial charge in [0, 0.05) is 43.8 Å². The molecule has 1 aliphatic heterocycles. The van der Waals surface area contributed by atoms with Crippen LogP contribution in [0.5, 0.6) is 0 Å². The third-order valence-corrected chi connectivity index (χ3v) is 4.75. The van der Waals surface area contributed by atoms with Crippen molar-refractivity contribution in [1.82, 2.24) is 9.88 Å². The minimum atomic E-state index is -0.697. The lowest BCUT2D eigenvalue weighted by atomic mass is 9.80. The third kappa shape index (κ3) is 3.12. The Balaban J connectivity index is 1.74. The van der Waals surface area contributed by atoms with Crippen LogP contribution in [-0.4, -0.2) is 34.0 Å². The van der Waals surface area contributed by atoms with Gasteiger partial charge >= 0.3 is 5.97 Å². The van der Waals surface area contributed by atoms with Gasteiger partial charge in [0.15, 0.2) is 0 Å². The summed E-state index contributed by atoms with van der Waals surface area (Å²) < 4.78 is 0. The van der Waals surface area contributed by atoms with E-state index in [0.29, 0.717) is 0 Å². The molecule has 4 heteroatoms. The maximum Gasteiger partial charge on any atom is 0.303 e. The fourth-order valence-corrected chi connectivity index (χ4v) is 3.49. The maximum absolute atomic E-state index is 11.0. The van der Waals surface area contributed by atoms with Crippen LogP contribution < -0.4 is 0 Å². The van der Waals surface area contributed by atoms with Crippen molar-refractivity contribution in [3.05, 3.63) is 42.2 Å². The summed E-state index contributed by atoms with van der Waals surface area (Å²) >= 11 is 0. The number of hydrogen-bond donors (Lipinski definition) is 1. The number of nitrogens with zero attached hydrogens (tertiary/aromatic N) is 2. The molecule has 0 bridgehead atoms. The van der Waals surface area contributed by atoms with E-state index in [4.69, 9.17) is 5.11 Å². The average Bonchev–Trinajstić information content (AvgIpc) is 2.72. The summed E-state index contributed by atoms with van der Waals surface area (Å²) in [6.45, 7) is 7.00. The molecule has 1 fully saturated rings. The second-order valence-corrected chi connectivity index (χ2v) is 7.01. The lowest BCUT2D eigenvalue weighted by Crippen LogP contribution is -2.24. The standard InChI is InChI=1S/C18H22N2O2/c1-18(2)12-20(11-16(18)8-17(21)22)10-13-3-4-14-5-6-19-9-15(14)7-13/h3-7,9,16H,8,10-12H2,1-2H3,(H,21,22). The van der Waals surface area contributed by atoms with E-state index in [1.165, 1.54) is 10.9 Å². The van der Waals surface area contributed by atoms with Gasteiger partial charge in [-0.05, 0) is 34.4 Å². The highest BCUT2D eigenvalue weighted by atomic mass is 16.4. The Morgan fingerprint density at radius 3 is 2.95 bits per heavy atom. The Hall–Kier alpha value is -1.94. The number of aliphatic carboxylic acids is 1. The topological polar surface area (TPSA) is 53.4 Å². The molecule has 0 amide bonds. The number of carboxylic acid groups (broad SMARTS) is 1. The van der Waals surface area contributed by atoms with E-state index < -0.39 is 5.97 Å². The van der Waals surface area contributed by atoms with Crippen molar-refractivity contribution in [2.75, 3.05) is 13.1 Å². The number of carboxylic acids is 1. The van der Waals surface area contributed by atoms with Crippen LogP contribution in [-0.2, 0) is 11.3 Å². The molecule has 1 aromatic carbocycles. The van der Waals surface area contributed by atoms with Gasteiger partial charge in [-0.15, -0.1) is 0 Å². The fourth-order valence-electron chi connectivity index (χ4n) is 3.49. The van der Waals surface area contributed by atoms with Crippen molar-refractivity contribution < 1.29 is 9.90 Å². The van der Waals surface area contributed by atoms with E-state index >= 15 is 0 Å². The second kappa shape index (κ2) is 5.69. The number of rotatable bonds is 4. The quantitative estimate of drug-likeness (QED) is 0.942. The molecule has 22 heavy (non-hydrogen) atoms. The first kappa shape index (κ1) is 15.0. The molecule has 0 spiro atoms. The Bertz CT molecular complexity index is 696. The number of pyridine rings is 1. The van der Waals surface area contributed by atoms with Crippen LogP contribution in [0.2, 0.25) is 0 Å². The van der Waals surface area contributed by atoms with Crippen LogP contribution in [0.15, 0.2) is 36.7 Å². The van der Waals surface area contributed by atoms with Gasteiger partial charge in [0.2, 0.25) is 0 Å². The highest BCUT2D eigenvalue weighted by Crippen LogP contribution is 2.38. The zero-order valence-electron chi connectivity index (χ0n) is 13.1. The summed E-state index contributed by atoms with van der Waals surface area (Å²) in [6.07, 6.45) is 3.95. The third-order valence-electron chi connectivity index (χ3n) is 4.75. The smallest absolute Gasteiger partial charge is 0.303 e. The monoisotopic (exact) mass is 298 g/mol. The van der Waals surface area contributed by atoms with Crippen LogP contribution in [0.25, 0.3) is 10.8 Å². The summed E-state index contributed by atoms with van der Waals surface area (Å²) in [5.74, 6) is -0.483. The molecule has 1 unspecified atom stereocenters. The minimum Gasteiger partial charge on any atom is -0.481 e. The molecule has 2 aromatic rings. The van der Waals surface area contributed by atoms with E-state index in [9.17, 15) is 4.79 Å². The lowest BCUT2D eigenvalue weighted by Gasteiger charge is -2.24. The summed E-state index contributed by atoms with van der Waals surface area (Å²) in [4.78, 5) is 17.6. The number of carbonyl (C=O) groups is 1. The lowest BCUT2D eigenvalue weighted by molar-refractivity contribution is -0.138. The van der Waals surface area contributed by atoms with Gasteiger partial charge in [0.05, 0.1) is 0 Å².